The van der Waals surface area contributed by atoms with Crippen molar-refractivity contribution in [3.05, 3.63) is 30.3 Å². The van der Waals surface area contributed by atoms with Crippen LogP contribution in [0.2, 0.25) is 0 Å². The van der Waals surface area contributed by atoms with Crippen molar-refractivity contribution in [2.75, 3.05) is 0 Å². The van der Waals surface area contributed by atoms with Crippen molar-refractivity contribution in [3.8, 4) is 0 Å². The molecule has 144 valence electrons. The van der Waals surface area contributed by atoms with Gasteiger partial charge in [-0.1, -0.05) is 30.0 Å². The minimum absolute atomic E-state index is 0.683. The summed E-state index contributed by atoms with van der Waals surface area (Å²) in [5.41, 5.74) is -1.11. The first-order valence-electron chi connectivity index (χ1n) is 7.88. The molecule has 1 aromatic rings. The van der Waals surface area contributed by atoms with Crippen LogP contribution in [0.15, 0.2) is 35.2 Å². The van der Waals surface area contributed by atoms with E-state index in [1.165, 1.54) is 0 Å². The van der Waals surface area contributed by atoms with Gasteiger partial charge in [-0.2, -0.15) is 8.78 Å². The molecule has 1 fully saturated rings. The minimum atomic E-state index is -3.76. The Balaban J connectivity index is 2.39. The fourth-order valence-electron chi connectivity index (χ4n) is 2.76. The highest BCUT2D eigenvalue weighted by Crippen LogP contribution is 2.47. The molecule has 0 bridgehead atoms. The normalized spacial score (nSPS) is 29.1. The highest BCUT2D eigenvalue weighted by atomic mass is 35.5. The van der Waals surface area contributed by atoms with Crippen LogP contribution in [0, 0.1) is 5.92 Å². The molecule has 0 aromatic heterocycles. The van der Waals surface area contributed by atoms with E-state index in [-0.39, 0.29) is 0 Å². The van der Waals surface area contributed by atoms with E-state index in [0.29, 0.717) is 4.90 Å². The Kier molecular flexibility index (Phi) is 6.87. The Morgan fingerprint density at radius 2 is 1.65 bits per heavy atom. The molecule has 26 heavy (non-hydrogen) atoms. The number of halogens is 3. The van der Waals surface area contributed by atoms with Gasteiger partial charge in [0.05, 0.1) is 6.10 Å². The molecule has 1 aliphatic rings. The van der Waals surface area contributed by atoms with Gasteiger partial charge in [0.1, 0.15) is 11.4 Å². The van der Waals surface area contributed by atoms with Crippen molar-refractivity contribution in [2.24, 2.45) is 5.92 Å². The second-order valence-corrected chi connectivity index (χ2v) is 7.53. The van der Waals surface area contributed by atoms with Gasteiger partial charge in [-0.05, 0) is 30.7 Å². The number of esters is 2. The van der Waals surface area contributed by atoms with Crippen LogP contribution in [0.4, 0.5) is 8.78 Å². The summed E-state index contributed by atoms with van der Waals surface area (Å²) >= 11 is 6.38. The van der Waals surface area contributed by atoms with Gasteiger partial charge in [-0.15, -0.1) is 0 Å². The molecule has 0 radical (unpaired) electrons. The molecule has 1 aliphatic heterocycles. The third kappa shape index (κ3) is 5.31. The Morgan fingerprint density at radius 1 is 1.12 bits per heavy atom. The summed E-state index contributed by atoms with van der Waals surface area (Å²) in [7, 11) is 0. The zero-order valence-corrected chi connectivity index (χ0v) is 15.9. The van der Waals surface area contributed by atoms with Crippen molar-refractivity contribution < 1.29 is 32.6 Å². The van der Waals surface area contributed by atoms with Crippen LogP contribution in [-0.2, 0) is 23.8 Å². The molecule has 5 nitrogen and oxygen atoms in total. The lowest BCUT2D eigenvalue weighted by Crippen LogP contribution is -2.59. The molecular weight excluding hydrogens is 390 g/mol. The highest BCUT2D eigenvalue weighted by molar-refractivity contribution is 7.99. The average molecular weight is 409 g/mol. The van der Waals surface area contributed by atoms with E-state index >= 15 is 0 Å². The molecule has 9 heteroatoms. The Morgan fingerprint density at radius 3 is 2.15 bits per heavy atom. The first-order chi connectivity index (χ1) is 12.1. The number of rotatable bonds is 5. The van der Waals surface area contributed by atoms with Gasteiger partial charge < -0.3 is 14.2 Å². The maximum atomic E-state index is 14.2. The molecule has 0 N–H and O–H groups in total. The number of carbonyl (C=O) groups excluding carboxylic acids is 2. The quantitative estimate of drug-likeness (QED) is 0.545. The fourth-order valence-corrected chi connectivity index (χ4v) is 4.36. The van der Waals surface area contributed by atoms with Crippen molar-refractivity contribution in [2.45, 2.75) is 54.8 Å². The molecule has 0 amide bonds. The Bertz CT molecular complexity index is 640. The summed E-state index contributed by atoms with van der Waals surface area (Å²) in [6, 6.07) is 8.78. The number of hydrogen-bond acceptors (Lipinski definition) is 6. The molecule has 5 atom stereocenters. The van der Waals surface area contributed by atoms with Gasteiger partial charge in [0, 0.05) is 18.7 Å². The van der Waals surface area contributed by atoms with E-state index in [9.17, 15) is 18.4 Å². The standard InChI is InChI=1S/C17H19ClF2O5S/c1-9-14(24-10(2)21)15(25-11(3)22)13(17(18,19)20)16(23-9)26-12-7-5-4-6-8-12/h4-9,13-16H,1-3H3/t9-,13-,14-,15-,16+/m0/s1. The molecule has 1 aromatic carbocycles. The molecule has 0 unspecified atom stereocenters. The topological polar surface area (TPSA) is 61.8 Å². The zero-order chi connectivity index (χ0) is 19.5. The largest absolute Gasteiger partial charge is 0.458 e. The number of benzene rings is 1. The van der Waals surface area contributed by atoms with Gasteiger partial charge in [0.25, 0.3) is 0 Å². The van der Waals surface area contributed by atoms with Crippen molar-refractivity contribution >= 4 is 35.3 Å². The van der Waals surface area contributed by atoms with E-state index in [1.807, 2.05) is 0 Å². The van der Waals surface area contributed by atoms with Gasteiger partial charge in [0.2, 0.25) is 0 Å². The number of ether oxygens (including phenoxy) is 3. The molecular formula is C17H19ClF2O5S. The van der Waals surface area contributed by atoms with E-state index in [2.05, 4.69) is 0 Å². The van der Waals surface area contributed by atoms with Gasteiger partial charge in [-0.25, -0.2) is 0 Å². The predicted molar refractivity (Wildman–Crippen MR) is 92.0 cm³/mol. The summed E-state index contributed by atoms with van der Waals surface area (Å²) in [5.74, 6) is -3.21. The van der Waals surface area contributed by atoms with Crippen LogP contribution in [-0.4, -0.2) is 41.1 Å². The molecule has 0 saturated carbocycles. The Hall–Kier alpha value is -1.38. The number of thioether (sulfide) groups is 1. The van der Waals surface area contributed by atoms with E-state index in [0.717, 1.165) is 25.6 Å². The maximum absolute atomic E-state index is 14.2. The summed E-state index contributed by atoms with van der Waals surface area (Å²) < 4.78 is 44.4. The zero-order valence-electron chi connectivity index (χ0n) is 14.4. The molecule has 1 saturated heterocycles. The summed E-state index contributed by atoms with van der Waals surface area (Å²) in [4.78, 5) is 23.5. The third-order valence-electron chi connectivity index (χ3n) is 3.76. The first-order valence-corrected chi connectivity index (χ1v) is 9.13. The van der Waals surface area contributed by atoms with Crippen molar-refractivity contribution in [1.29, 1.82) is 0 Å². The number of hydrogen-bond donors (Lipinski definition) is 0. The van der Waals surface area contributed by atoms with Crippen molar-refractivity contribution in [1.82, 2.24) is 0 Å². The molecule has 1 heterocycles. The van der Waals surface area contributed by atoms with Crippen LogP contribution >= 0.6 is 23.4 Å². The number of alkyl halides is 3. The molecule has 0 aliphatic carbocycles. The van der Waals surface area contributed by atoms with Gasteiger partial charge >= 0.3 is 17.3 Å². The SMILES string of the molecule is CC(=O)O[C@@H]1[C@@H](OC(C)=O)[C@H](C)O[C@H](Sc2ccccc2)[C@H]1C(F)(F)Cl. The van der Waals surface area contributed by atoms with Gasteiger partial charge in [-0.3, -0.25) is 9.59 Å². The van der Waals surface area contributed by atoms with Crippen LogP contribution in [0.3, 0.4) is 0 Å². The van der Waals surface area contributed by atoms with E-state index in [4.69, 9.17) is 25.8 Å². The Labute approximate surface area is 159 Å². The van der Waals surface area contributed by atoms with E-state index in [1.54, 1.807) is 37.3 Å². The smallest absolute Gasteiger partial charge is 0.331 e. The second-order valence-electron chi connectivity index (χ2n) is 5.86. The summed E-state index contributed by atoms with van der Waals surface area (Å²) in [6.45, 7) is 3.79. The monoisotopic (exact) mass is 408 g/mol. The third-order valence-corrected chi connectivity index (χ3v) is 5.19. The van der Waals surface area contributed by atoms with Gasteiger partial charge in [0.15, 0.2) is 12.2 Å². The second kappa shape index (κ2) is 8.54. The lowest BCUT2D eigenvalue weighted by Gasteiger charge is -2.45. The molecule has 0 spiro atoms. The number of carbonyl (C=O) groups is 2. The van der Waals surface area contributed by atoms with Crippen LogP contribution in [0.5, 0.6) is 0 Å². The van der Waals surface area contributed by atoms with Crippen molar-refractivity contribution in [3.63, 3.8) is 0 Å². The summed E-state index contributed by atoms with van der Waals surface area (Å²) in [6.07, 6.45) is -3.42. The highest BCUT2D eigenvalue weighted by Gasteiger charge is 2.58. The maximum Gasteiger partial charge on any atom is 0.331 e. The minimum Gasteiger partial charge on any atom is -0.458 e. The van der Waals surface area contributed by atoms with E-state index < -0.39 is 47.0 Å². The van der Waals surface area contributed by atoms with Crippen LogP contribution in [0.25, 0.3) is 0 Å². The first kappa shape index (κ1) is 20.9. The van der Waals surface area contributed by atoms with Crippen LogP contribution in [0.1, 0.15) is 20.8 Å². The fraction of sp³-hybridized carbons (Fsp3) is 0.529. The lowest BCUT2D eigenvalue weighted by atomic mass is 9.92. The summed E-state index contributed by atoms with van der Waals surface area (Å²) in [5, 5.41) is -3.76. The molecule has 2 rings (SSSR count). The lowest BCUT2D eigenvalue weighted by molar-refractivity contribution is -0.229. The average Bonchev–Trinajstić information content (AvgIpc) is 2.50. The van der Waals surface area contributed by atoms with Crippen LogP contribution < -0.4 is 0 Å². The predicted octanol–water partition coefficient (Wildman–Crippen LogP) is 3.83.